The monoisotopic (exact) mass is 603 g/mol. The maximum absolute atomic E-state index is 12.4. The summed E-state index contributed by atoms with van der Waals surface area (Å²) in [5.74, 6) is -0.391. The van der Waals surface area contributed by atoms with Crippen molar-refractivity contribution in [2.24, 2.45) is 5.92 Å². The van der Waals surface area contributed by atoms with E-state index >= 15 is 0 Å². The van der Waals surface area contributed by atoms with Crippen molar-refractivity contribution in [2.75, 3.05) is 24.1 Å². The molecule has 35 heavy (non-hydrogen) atoms. The standard InChI is InChI=1S/C14H18IN6O2P.C10H9N/c1-8-3-2-4-20(7-8)14(23)13(22)19-10-6-17-12(16)9-5-18-21(24-15)11(9)10;1-8-6-9-4-2-3-5-10(9)11-7-8/h5-6,8,24H,2-4,7H2,1H3,(H2,16,17)(H,19,22);2-7H,1H3. The molecule has 0 radical (unpaired) electrons. The Kier molecular flexibility index (Phi) is 8.12. The van der Waals surface area contributed by atoms with Crippen LogP contribution in [0.5, 0.6) is 0 Å². The molecule has 4 heterocycles. The molecule has 5 rings (SSSR count). The van der Waals surface area contributed by atoms with Crippen molar-refractivity contribution < 1.29 is 9.59 Å². The molecule has 2 unspecified atom stereocenters. The van der Waals surface area contributed by atoms with Crippen LogP contribution in [-0.4, -0.2) is 49.3 Å². The third-order valence-corrected chi connectivity index (χ3v) is 7.70. The molecular weight excluding hydrogens is 576 g/mol. The van der Waals surface area contributed by atoms with Crippen LogP contribution in [0, 0.1) is 12.8 Å². The number of nitrogen functional groups attached to an aromatic ring is 1. The Morgan fingerprint density at radius 2 is 2.00 bits per heavy atom. The van der Waals surface area contributed by atoms with E-state index in [-0.39, 0.29) is 0 Å². The van der Waals surface area contributed by atoms with Gasteiger partial charge in [0.05, 0.1) is 35.4 Å². The number of amides is 2. The van der Waals surface area contributed by atoms with E-state index in [4.69, 9.17) is 5.73 Å². The molecule has 182 valence electrons. The number of rotatable bonds is 2. The number of halogens is 1. The molecule has 1 aromatic carbocycles. The van der Waals surface area contributed by atoms with Crippen LogP contribution in [0.2, 0.25) is 0 Å². The molecular formula is C24H27IN7O2P. The first-order valence-electron chi connectivity index (χ1n) is 11.3. The molecule has 4 aromatic rings. The number of nitrogens with one attached hydrogen (secondary N) is 1. The van der Waals surface area contributed by atoms with Gasteiger partial charge in [0, 0.05) is 24.7 Å². The minimum atomic E-state index is -0.651. The third kappa shape index (κ3) is 5.87. The number of carbonyl (C=O) groups excluding carboxylic acids is 2. The Morgan fingerprint density at radius 3 is 2.77 bits per heavy atom. The summed E-state index contributed by atoms with van der Waals surface area (Å²) >= 11 is 2.19. The summed E-state index contributed by atoms with van der Waals surface area (Å²) in [6.45, 7) is 5.39. The molecule has 3 aromatic heterocycles. The summed E-state index contributed by atoms with van der Waals surface area (Å²) in [5.41, 5.74) is 9.28. The molecule has 9 nitrogen and oxygen atoms in total. The third-order valence-electron chi connectivity index (χ3n) is 5.83. The van der Waals surface area contributed by atoms with Crippen molar-refractivity contribution >= 4 is 73.5 Å². The summed E-state index contributed by atoms with van der Waals surface area (Å²) < 4.78 is 1.73. The van der Waals surface area contributed by atoms with Crippen molar-refractivity contribution in [1.82, 2.24) is 24.4 Å². The molecule has 1 aliphatic rings. The number of anilines is 2. The first-order valence-corrected chi connectivity index (χ1v) is 15.3. The van der Waals surface area contributed by atoms with Crippen LogP contribution in [0.3, 0.4) is 0 Å². The second-order valence-electron chi connectivity index (χ2n) is 8.62. The van der Waals surface area contributed by atoms with Crippen LogP contribution in [0.4, 0.5) is 11.5 Å². The lowest BCUT2D eigenvalue weighted by Gasteiger charge is -2.30. The highest BCUT2D eigenvalue weighted by Crippen LogP contribution is 2.34. The fourth-order valence-electron chi connectivity index (χ4n) is 4.09. The van der Waals surface area contributed by atoms with Crippen LogP contribution in [0.1, 0.15) is 25.3 Å². The minimum absolute atomic E-state index is 0.339. The quantitative estimate of drug-likeness (QED) is 0.197. The average Bonchev–Trinajstić information content (AvgIpc) is 3.31. The van der Waals surface area contributed by atoms with Crippen molar-refractivity contribution in [3.63, 3.8) is 0 Å². The number of fused-ring (bicyclic) bond motifs is 2. The van der Waals surface area contributed by atoms with Gasteiger partial charge in [0.2, 0.25) is 0 Å². The van der Waals surface area contributed by atoms with Crippen LogP contribution < -0.4 is 11.1 Å². The smallest absolute Gasteiger partial charge is 0.314 e. The number of benzene rings is 1. The number of likely N-dealkylation sites (tertiary alicyclic amines) is 1. The fraction of sp³-hybridized carbons (Fsp3) is 0.292. The molecule has 11 heteroatoms. The average molecular weight is 603 g/mol. The predicted molar refractivity (Wildman–Crippen MR) is 150 cm³/mol. The SMILES string of the molecule is CC1CCCN(C(=O)C(=O)Nc2cnc(N)c3cnn(PI)c23)C1.Cc1cnc2ccccc2c1. The summed E-state index contributed by atoms with van der Waals surface area (Å²) in [5, 5.41) is 8.80. The van der Waals surface area contributed by atoms with Crippen LogP contribution in [0.25, 0.3) is 21.8 Å². The van der Waals surface area contributed by atoms with Crippen LogP contribution in [0.15, 0.2) is 48.9 Å². The molecule has 1 saturated heterocycles. The maximum Gasteiger partial charge on any atom is 0.314 e. The van der Waals surface area contributed by atoms with Gasteiger partial charge in [-0.2, -0.15) is 5.10 Å². The lowest BCUT2D eigenvalue weighted by atomic mass is 10.0. The number of aryl methyl sites for hydroxylation is 1. The number of pyridine rings is 2. The van der Waals surface area contributed by atoms with E-state index in [9.17, 15) is 9.59 Å². The van der Waals surface area contributed by atoms with Gasteiger partial charge in [0.1, 0.15) is 11.3 Å². The van der Waals surface area contributed by atoms with E-state index in [1.165, 1.54) is 17.1 Å². The van der Waals surface area contributed by atoms with E-state index in [1.807, 2.05) is 24.4 Å². The molecule has 2 atom stereocenters. The van der Waals surface area contributed by atoms with Crippen molar-refractivity contribution in [1.29, 1.82) is 0 Å². The summed E-state index contributed by atoms with van der Waals surface area (Å²) in [6.07, 6.45) is 7.33. The van der Waals surface area contributed by atoms with Crippen molar-refractivity contribution in [3.8, 4) is 0 Å². The number of aromatic nitrogens is 4. The van der Waals surface area contributed by atoms with E-state index in [2.05, 4.69) is 68.4 Å². The zero-order chi connectivity index (χ0) is 24.9. The van der Waals surface area contributed by atoms with Crippen molar-refractivity contribution in [3.05, 3.63) is 54.5 Å². The topological polar surface area (TPSA) is 119 Å². The number of nitrogens with two attached hydrogens (primary N) is 1. The van der Waals surface area contributed by atoms with E-state index in [0.717, 1.165) is 18.4 Å². The molecule has 0 spiro atoms. The number of nitrogens with zero attached hydrogens (tertiary/aromatic N) is 5. The molecule has 1 fully saturated rings. The second kappa shape index (κ2) is 11.3. The number of hydrogen-bond donors (Lipinski definition) is 2. The lowest BCUT2D eigenvalue weighted by Crippen LogP contribution is -2.44. The lowest BCUT2D eigenvalue weighted by molar-refractivity contribution is -0.144. The molecule has 0 saturated carbocycles. The molecule has 0 aliphatic carbocycles. The largest absolute Gasteiger partial charge is 0.383 e. The Labute approximate surface area is 218 Å². The minimum Gasteiger partial charge on any atom is -0.383 e. The second-order valence-corrected chi connectivity index (χ2v) is 10.7. The first-order chi connectivity index (χ1) is 16.9. The van der Waals surface area contributed by atoms with Crippen LogP contribution in [-0.2, 0) is 9.59 Å². The van der Waals surface area contributed by atoms with Gasteiger partial charge < -0.3 is 16.0 Å². The highest BCUT2D eigenvalue weighted by atomic mass is 127. The Morgan fingerprint density at radius 1 is 1.20 bits per heavy atom. The Balaban J connectivity index is 0.000000218. The van der Waals surface area contributed by atoms with Gasteiger partial charge in [-0.25, -0.2) is 9.44 Å². The summed E-state index contributed by atoms with van der Waals surface area (Å²) in [6, 6.07) is 10.3. The zero-order valence-electron chi connectivity index (χ0n) is 19.5. The number of piperidine rings is 1. The maximum atomic E-state index is 12.4. The zero-order valence-corrected chi connectivity index (χ0v) is 22.7. The van der Waals surface area contributed by atoms with Gasteiger partial charge in [-0.1, -0.05) is 25.1 Å². The predicted octanol–water partition coefficient (Wildman–Crippen LogP) is 4.55. The first kappa shape index (κ1) is 25.2. The van der Waals surface area contributed by atoms with E-state index in [1.54, 1.807) is 15.5 Å². The fourth-order valence-corrected chi connectivity index (χ4v) is 5.61. The van der Waals surface area contributed by atoms with Crippen LogP contribution >= 0.6 is 28.4 Å². The normalized spacial score (nSPS) is 15.9. The summed E-state index contributed by atoms with van der Waals surface area (Å²) in [4.78, 5) is 34.7. The van der Waals surface area contributed by atoms with Gasteiger partial charge in [-0.15, -0.1) is 0 Å². The number of hydrogen-bond acceptors (Lipinski definition) is 6. The van der Waals surface area contributed by atoms with Crippen molar-refractivity contribution in [2.45, 2.75) is 26.7 Å². The summed E-state index contributed by atoms with van der Waals surface area (Å²) in [7, 11) is 0. The van der Waals surface area contributed by atoms with Gasteiger partial charge >= 0.3 is 11.8 Å². The Bertz CT molecular complexity index is 1380. The molecule has 0 bridgehead atoms. The van der Waals surface area contributed by atoms with Gasteiger partial charge in [-0.3, -0.25) is 14.6 Å². The van der Waals surface area contributed by atoms with E-state index in [0.29, 0.717) is 47.8 Å². The highest BCUT2D eigenvalue weighted by Gasteiger charge is 2.27. The Hall–Kier alpha value is -2.85. The molecule has 1 aliphatic heterocycles. The van der Waals surface area contributed by atoms with Gasteiger partial charge in [-0.05, 0) is 65.4 Å². The van der Waals surface area contributed by atoms with E-state index < -0.39 is 11.8 Å². The molecule has 3 N–H and O–H groups in total. The van der Waals surface area contributed by atoms with Gasteiger partial charge in [0.25, 0.3) is 0 Å². The molecule has 2 amide bonds. The van der Waals surface area contributed by atoms with Gasteiger partial charge in [0.15, 0.2) is 0 Å². The highest BCUT2D eigenvalue weighted by molar-refractivity contribution is 14.2. The number of carbonyl (C=O) groups is 2. The number of para-hydroxylation sites is 1.